The Balaban J connectivity index is 1.66. The molecule has 0 aliphatic rings. The van der Waals surface area contributed by atoms with E-state index in [0.717, 1.165) is 5.56 Å². The number of anilines is 1. The number of amides is 1. The third kappa shape index (κ3) is 3.79. The van der Waals surface area contributed by atoms with Gasteiger partial charge >= 0.3 is 0 Å². The number of carbonyl (C=O) groups is 1. The zero-order valence-electron chi connectivity index (χ0n) is 12.0. The largest absolute Gasteiger partial charge is 0.305 e. The monoisotopic (exact) mass is 313 g/mol. The summed E-state index contributed by atoms with van der Waals surface area (Å²) in [5, 5.41) is 6.87. The summed E-state index contributed by atoms with van der Waals surface area (Å²) in [4.78, 5) is 12.0. The number of hydrogen-bond donors (Lipinski definition) is 1. The number of nitrogens with one attached hydrogen (secondary N) is 1. The van der Waals surface area contributed by atoms with Gasteiger partial charge in [-0.05, 0) is 42.0 Å². The van der Waals surface area contributed by atoms with Crippen molar-refractivity contribution in [1.82, 2.24) is 9.78 Å². The van der Waals surface area contributed by atoms with E-state index in [4.69, 9.17) is 0 Å². The van der Waals surface area contributed by atoms with Crippen LogP contribution in [-0.2, 0) is 6.54 Å². The van der Waals surface area contributed by atoms with E-state index in [9.17, 15) is 13.6 Å². The molecule has 6 heteroatoms. The summed E-state index contributed by atoms with van der Waals surface area (Å²) >= 11 is 0. The first kappa shape index (κ1) is 14.9. The zero-order chi connectivity index (χ0) is 16.2. The Morgan fingerprint density at radius 1 is 0.957 bits per heavy atom. The van der Waals surface area contributed by atoms with Gasteiger partial charge in [-0.3, -0.25) is 9.48 Å². The van der Waals surface area contributed by atoms with Crippen molar-refractivity contribution >= 4 is 11.7 Å². The molecular weight excluding hydrogens is 300 g/mol. The summed E-state index contributed by atoms with van der Waals surface area (Å²) in [6.07, 6.45) is 1.71. The second-order valence-electron chi connectivity index (χ2n) is 4.99. The molecule has 0 saturated heterocycles. The molecule has 2 aromatic carbocycles. The van der Waals surface area contributed by atoms with Crippen LogP contribution in [0, 0.1) is 11.6 Å². The van der Waals surface area contributed by atoms with Gasteiger partial charge < -0.3 is 5.32 Å². The van der Waals surface area contributed by atoms with E-state index in [-0.39, 0.29) is 11.7 Å². The standard InChI is InChI=1S/C17H13F2N3O/c18-14-5-1-12(2-6-14)11-22-10-9-16(21-22)20-17(23)13-3-7-15(19)8-4-13/h1-10H,11H2,(H,20,21,23). The molecule has 0 bridgehead atoms. The van der Waals surface area contributed by atoms with Gasteiger partial charge in [0.15, 0.2) is 5.82 Å². The second-order valence-corrected chi connectivity index (χ2v) is 4.99. The van der Waals surface area contributed by atoms with E-state index >= 15 is 0 Å². The van der Waals surface area contributed by atoms with Crippen molar-refractivity contribution in [2.75, 3.05) is 5.32 Å². The van der Waals surface area contributed by atoms with Gasteiger partial charge in [0.05, 0.1) is 6.54 Å². The molecule has 1 heterocycles. The average molecular weight is 313 g/mol. The van der Waals surface area contributed by atoms with E-state index in [1.54, 1.807) is 29.1 Å². The van der Waals surface area contributed by atoms with E-state index in [2.05, 4.69) is 10.4 Å². The van der Waals surface area contributed by atoms with Crippen LogP contribution in [0.3, 0.4) is 0 Å². The molecule has 0 radical (unpaired) electrons. The minimum Gasteiger partial charge on any atom is -0.305 e. The number of aromatic nitrogens is 2. The fraction of sp³-hybridized carbons (Fsp3) is 0.0588. The maximum atomic E-state index is 12.9. The van der Waals surface area contributed by atoms with Crippen LogP contribution in [0.1, 0.15) is 15.9 Å². The Labute approximate surface area is 131 Å². The molecule has 1 aromatic heterocycles. The number of hydrogen-bond acceptors (Lipinski definition) is 2. The van der Waals surface area contributed by atoms with E-state index in [1.807, 2.05) is 0 Å². The molecular formula is C17H13F2N3O. The Morgan fingerprint density at radius 3 is 2.22 bits per heavy atom. The Morgan fingerprint density at radius 2 is 1.57 bits per heavy atom. The topological polar surface area (TPSA) is 46.9 Å². The van der Waals surface area contributed by atoms with Crippen LogP contribution in [0.2, 0.25) is 0 Å². The summed E-state index contributed by atoms with van der Waals surface area (Å²) in [5.41, 5.74) is 1.24. The van der Waals surface area contributed by atoms with Crippen molar-refractivity contribution in [3.8, 4) is 0 Å². The highest BCUT2D eigenvalue weighted by atomic mass is 19.1. The van der Waals surface area contributed by atoms with Crippen molar-refractivity contribution in [3.05, 3.63) is 83.6 Å². The molecule has 0 unspecified atom stereocenters. The molecule has 3 rings (SSSR count). The predicted molar refractivity (Wildman–Crippen MR) is 82.1 cm³/mol. The third-order valence-corrected chi connectivity index (χ3v) is 3.25. The fourth-order valence-electron chi connectivity index (χ4n) is 2.08. The van der Waals surface area contributed by atoms with Crippen LogP contribution in [0.15, 0.2) is 60.8 Å². The molecule has 0 aliphatic heterocycles. The molecule has 0 atom stereocenters. The summed E-state index contributed by atoms with van der Waals surface area (Å²) in [6.45, 7) is 0.465. The van der Waals surface area contributed by atoms with Crippen molar-refractivity contribution in [1.29, 1.82) is 0 Å². The summed E-state index contributed by atoms with van der Waals surface area (Å²) < 4.78 is 27.3. The average Bonchev–Trinajstić information content (AvgIpc) is 2.97. The van der Waals surface area contributed by atoms with Crippen molar-refractivity contribution in [2.24, 2.45) is 0 Å². The molecule has 3 aromatic rings. The number of carbonyl (C=O) groups excluding carboxylic acids is 1. The summed E-state index contributed by atoms with van der Waals surface area (Å²) in [6, 6.07) is 13.0. The van der Waals surface area contributed by atoms with Crippen molar-refractivity contribution < 1.29 is 13.6 Å². The minimum atomic E-state index is -0.398. The summed E-state index contributed by atoms with van der Waals surface area (Å²) in [5.74, 6) is -0.662. The number of rotatable bonds is 4. The lowest BCUT2D eigenvalue weighted by Crippen LogP contribution is -2.12. The van der Waals surface area contributed by atoms with Gasteiger partial charge in [0, 0.05) is 17.8 Å². The fourth-order valence-corrected chi connectivity index (χ4v) is 2.08. The van der Waals surface area contributed by atoms with Crippen LogP contribution in [-0.4, -0.2) is 15.7 Å². The lowest BCUT2D eigenvalue weighted by Gasteiger charge is -2.03. The van der Waals surface area contributed by atoms with Gasteiger partial charge in [0.1, 0.15) is 11.6 Å². The van der Waals surface area contributed by atoms with Crippen molar-refractivity contribution in [3.63, 3.8) is 0 Å². The maximum Gasteiger partial charge on any atom is 0.256 e. The quantitative estimate of drug-likeness (QED) is 0.802. The second kappa shape index (κ2) is 6.39. The molecule has 0 spiro atoms. The highest BCUT2D eigenvalue weighted by Gasteiger charge is 2.08. The maximum absolute atomic E-state index is 12.9. The minimum absolute atomic E-state index is 0.290. The lowest BCUT2D eigenvalue weighted by atomic mass is 10.2. The Bertz CT molecular complexity index is 811. The first-order valence-corrected chi connectivity index (χ1v) is 6.95. The van der Waals surface area contributed by atoms with Crippen LogP contribution < -0.4 is 5.32 Å². The first-order valence-electron chi connectivity index (χ1n) is 6.95. The molecule has 0 fully saturated rings. The lowest BCUT2D eigenvalue weighted by molar-refractivity contribution is 0.102. The number of halogens is 2. The Hall–Kier alpha value is -3.02. The van der Waals surface area contributed by atoms with Gasteiger partial charge in [-0.1, -0.05) is 12.1 Å². The smallest absolute Gasteiger partial charge is 0.256 e. The van der Waals surface area contributed by atoms with Gasteiger partial charge in [0.2, 0.25) is 0 Å². The highest BCUT2D eigenvalue weighted by Crippen LogP contribution is 2.10. The van der Waals surface area contributed by atoms with Gasteiger partial charge in [0.25, 0.3) is 5.91 Å². The molecule has 0 aliphatic carbocycles. The molecule has 0 saturated carbocycles. The number of benzene rings is 2. The van der Waals surface area contributed by atoms with Gasteiger partial charge in [-0.2, -0.15) is 5.10 Å². The zero-order valence-corrected chi connectivity index (χ0v) is 12.0. The molecule has 116 valence electrons. The summed E-state index contributed by atoms with van der Waals surface area (Å²) in [7, 11) is 0. The molecule has 1 amide bonds. The van der Waals surface area contributed by atoms with Crippen molar-refractivity contribution in [2.45, 2.75) is 6.54 Å². The predicted octanol–water partition coefficient (Wildman–Crippen LogP) is 3.46. The van der Waals surface area contributed by atoms with E-state index in [1.165, 1.54) is 36.4 Å². The molecule has 4 nitrogen and oxygen atoms in total. The number of nitrogens with zero attached hydrogens (tertiary/aromatic N) is 2. The highest BCUT2D eigenvalue weighted by molar-refractivity contribution is 6.03. The van der Waals surface area contributed by atoms with Gasteiger partial charge in [-0.15, -0.1) is 0 Å². The normalized spacial score (nSPS) is 10.5. The third-order valence-electron chi connectivity index (χ3n) is 3.25. The van der Waals surface area contributed by atoms with Crippen LogP contribution in [0.4, 0.5) is 14.6 Å². The van der Waals surface area contributed by atoms with Crippen LogP contribution in [0.5, 0.6) is 0 Å². The SMILES string of the molecule is O=C(Nc1ccn(Cc2ccc(F)cc2)n1)c1ccc(F)cc1. The van der Waals surface area contributed by atoms with Crippen LogP contribution in [0.25, 0.3) is 0 Å². The first-order chi connectivity index (χ1) is 11.1. The van der Waals surface area contributed by atoms with Crippen LogP contribution >= 0.6 is 0 Å². The van der Waals surface area contributed by atoms with E-state index < -0.39 is 5.82 Å². The van der Waals surface area contributed by atoms with E-state index in [0.29, 0.717) is 17.9 Å². The Kier molecular flexibility index (Phi) is 4.14. The molecule has 23 heavy (non-hydrogen) atoms. The molecule has 1 N–H and O–H groups in total. The van der Waals surface area contributed by atoms with Gasteiger partial charge in [-0.25, -0.2) is 8.78 Å².